The lowest BCUT2D eigenvalue weighted by molar-refractivity contribution is 0.103. The van der Waals surface area contributed by atoms with Crippen molar-refractivity contribution in [3.05, 3.63) is 113 Å². The van der Waals surface area contributed by atoms with Gasteiger partial charge in [0.25, 0.3) is 0 Å². The minimum Gasteiger partial charge on any atom is -0.390 e. The third-order valence-corrected chi connectivity index (χ3v) is 5.52. The molecule has 1 aromatic heterocycles. The molecule has 0 atom stereocenters. The lowest BCUT2D eigenvalue weighted by Gasteiger charge is -2.30. The van der Waals surface area contributed by atoms with Crippen LogP contribution in [0.4, 0.5) is 5.69 Å². The number of aryl methyl sites for hydroxylation is 2. The molecule has 4 heteroatoms. The number of pyridine rings is 1. The van der Waals surface area contributed by atoms with Gasteiger partial charge < -0.3 is 10.0 Å². The standard InChI is InChI=1S/C26H24N2O2/c1-17-11-12-20(13-18(17)2)26(30)24-15-28(14-21-7-6-8-22(16-29)27-21)25-10-5-4-9-23(25)19(24)3/h4-13,15,29H,3,14,16H2,1-2H3. The number of benzene rings is 2. The Balaban J connectivity index is 1.75. The van der Waals surface area contributed by atoms with Crippen LogP contribution >= 0.6 is 0 Å². The molecular weight excluding hydrogens is 372 g/mol. The van der Waals surface area contributed by atoms with Crippen molar-refractivity contribution in [1.29, 1.82) is 0 Å². The van der Waals surface area contributed by atoms with Crippen molar-refractivity contribution in [2.45, 2.75) is 27.0 Å². The Morgan fingerprint density at radius 2 is 1.77 bits per heavy atom. The Morgan fingerprint density at radius 3 is 2.53 bits per heavy atom. The zero-order chi connectivity index (χ0) is 21.3. The number of nitrogens with zero attached hydrogens (tertiary/aromatic N) is 2. The Labute approximate surface area is 176 Å². The number of hydrogen-bond acceptors (Lipinski definition) is 4. The highest BCUT2D eigenvalue weighted by Crippen LogP contribution is 2.38. The fourth-order valence-corrected chi connectivity index (χ4v) is 3.67. The minimum absolute atomic E-state index is 0.0420. The molecule has 1 aliphatic heterocycles. The molecule has 2 heterocycles. The first-order valence-corrected chi connectivity index (χ1v) is 9.92. The first kappa shape index (κ1) is 19.8. The first-order valence-electron chi connectivity index (χ1n) is 9.92. The minimum atomic E-state index is -0.104. The molecule has 1 N–H and O–H groups in total. The van der Waals surface area contributed by atoms with Gasteiger partial charge in [0.05, 0.1) is 24.5 Å². The molecular formula is C26H24N2O2. The molecule has 0 radical (unpaired) electrons. The average molecular weight is 396 g/mol. The summed E-state index contributed by atoms with van der Waals surface area (Å²) in [5.41, 5.74) is 7.56. The second-order valence-electron chi connectivity index (χ2n) is 7.57. The maximum absolute atomic E-state index is 13.4. The molecule has 4 rings (SSSR count). The smallest absolute Gasteiger partial charge is 0.195 e. The van der Waals surface area contributed by atoms with Gasteiger partial charge in [-0.2, -0.15) is 0 Å². The number of para-hydroxylation sites is 1. The molecule has 0 saturated heterocycles. The molecule has 0 amide bonds. The van der Waals surface area contributed by atoms with Crippen LogP contribution in [0.5, 0.6) is 0 Å². The van der Waals surface area contributed by atoms with Crippen LogP contribution in [0.25, 0.3) is 5.57 Å². The number of carbonyl (C=O) groups excluding carboxylic acids is 1. The van der Waals surface area contributed by atoms with Gasteiger partial charge in [0.1, 0.15) is 0 Å². The number of aliphatic hydroxyl groups is 1. The number of aliphatic hydroxyl groups excluding tert-OH is 1. The molecule has 0 saturated carbocycles. The van der Waals surface area contributed by atoms with Gasteiger partial charge >= 0.3 is 0 Å². The molecule has 4 nitrogen and oxygen atoms in total. The molecule has 150 valence electrons. The van der Waals surface area contributed by atoms with Crippen molar-refractivity contribution >= 4 is 17.0 Å². The third-order valence-electron chi connectivity index (χ3n) is 5.52. The Kier molecular flexibility index (Phi) is 5.34. The van der Waals surface area contributed by atoms with Gasteiger partial charge in [-0.1, -0.05) is 43.0 Å². The normalized spacial score (nSPS) is 13.1. The summed E-state index contributed by atoms with van der Waals surface area (Å²) < 4.78 is 0. The van der Waals surface area contributed by atoms with Crippen molar-refractivity contribution < 1.29 is 9.90 Å². The van der Waals surface area contributed by atoms with E-state index >= 15 is 0 Å². The van der Waals surface area contributed by atoms with Crippen molar-refractivity contribution in [2.24, 2.45) is 0 Å². The van der Waals surface area contributed by atoms with Crippen LogP contribution in [0.1, 0.15) is 38.4 Å². The van der Waals surface area contributed by atoms with E-state index in [1.54, 1.807) is 6.07 Å². The van der Waals surface area contributed by atoms with E-state index in [-0.39, 0.29) is 12.4 Å². The summed E-state index contributed by atoms with van der Waals surface area (Å²) in [4.78, 5) is 19.9. The Hall–Kier alpha value is -3.50. The van der Waals surface area contributed by atoms with E-state index in [4.69, 9.17) is 0 Å². The molecule has 2 aromatic carbocycles. The largest absolute Gasteiger partial charge is 0.390 e. The molecule has 0 fully saturated rings. The molecule has 0 spiro atoms. The van der Waals surface area contributed by atoms with E-state index in [2.05, 4.69) is 11.6 Å². The fourth-order valence-electron chi connectivity index (χ4n) is 3.67. The average Bonchev–Trinajstić information content (AvgIpc) is 2.77. The van der Waals surface area contributed by atoms with Crippen molar-refractivity contribution in [2.75, 3.05) is 4.90 Å². The number of aromatic nitrogens is 1. The van der Waals surface area contributed by atoms with Crippen LogP contribution in [0.15, 0.2) is 79.0 Å². The molecule has 1 aliphatic rings. The third kappa shape index (κ3) is 3.70. The summed E-state index contributed by atoms with van der Waals surface area (Å²) in [5, 5.41) is 9.40. The van der Waals surface area contributed by atoms with Crippen LogP contribution in [-0.4, -0.2) is 15.9 Å². The van der Waals surface area contributed by atoms with Crippen LogP contribution in [-0.2, 0) is 13.2 Å². The summed E-state index contributed by atoms with van der Waals surface area (Å²) in [6.45, 7) is 8.66. The quantitative estimate of drug-likeness (QED) is 0.617. The predicted octanol–water partition coefficient (Wildman–Crippen LogP) is 4.99. The van der Waals surface area contributed by atoms with Crippen molar-refractivity contribution in [3.8, 4) is 0 Å². The highest BCUT2D eigenvalue weighted by molar-refractivity contribution is 6.20. The van der Waals surface area contributed by atoms with Gasteiger partial charge in [-0.05, 0) is 54.8 Å². The topological polar surface area (TPSA) is 53.4 Å². The van der Waals surface area contributed by atoms with Gasteiger partial charge in [-0.15, -0.1) is 0 Å². The second kappa shape index (κ2) is 8.09. The Morgan fingerprint density at radius 1 is 1.00 bits per heavy atom. The number of fused-ring (bicyclic) bond motifs is 1. The van der Waals surface area contributed by atoms with E-state index in [0.717, 1.165) is 33.6 Å². The maximum Gasteiger partial charge on any atom is 0.195 e. The first-order chi connectivity index (χ1) is 14.5. The predicted molar refractivity (Wildman–Crippen MR) is 120 cm³/mol. The molecule has 0 unspecified atom stereocenters. The summed E-state index contributed by atoms with van der Waals surface area (Å²) in [7, 11) is 0. The number of anilines is 1. The van der Waals surface area contributed by atoms with Crippen LogP contribution in [0.3, 0.4) is 0 Å². The van der Waals surface area contributed by atoms with Gasteiger partial charge in [0, 0.05) is 28.6 Å². The van der Waals surface area contributed by atoms with Crippen molar-refractivity contribution in [3.63, 3.8) is 0 Å². The second-order valence-corrected chi connectivity index (χ2v) is 7.57. The summed E-state index contributed by atoms with van der Waals surface area (Å²) in [6.07, 6.45) is 1.87. The highest BCUT2D eigenvalue weighted by atomic mass is 16.3. The van der Waals surface area contributed by atoms with E-state index < -0.39 is 0 Å². The number of carbonyl (C=O) groups is 1. The number of rotatable bonds is 5. The van der Waals surface area contributed by atoms with Crippen LogP contribution < -0.4 is 4.90 Å². The lowest BCUT2D eigenvalue weighted by atomic mass is 9.89. The SMILES string of the molecule is C=C1C(C(=O)c2ccc(C)c(C)c2)=CN(Cc2cccc(CO)n2)c2ccccc21. The van der Waals surface area contributed by atoms with E-state index in [1.165, 1.54) is 0 Å². The van der Waals surface area contributed by atoms with E-state index in [9.17, 15) is 9.90 Å². The monoisotopic (exact) mass is 396 g/mol. The number of Topliss-reactive ketones (excluding diaryl/α,β-unsaturated/α-hetero) is 1. The summed E-state index contributed by atoms with van der Waals surface area (Å²) in [5.74, 6) is -0.0420. The molecule has 30 heavy (non-hydrogen) atoms. The Bertz CT molecular complexity index is 1180. The molecule has 0 aliphatic carbocycles. The molecule has 3 aromatic rings. The van der Waals surface area contributed by atoms with E-state index in [0.29, 0.717) is 23.4 Å². The van der Waals surface area contributed by atoms with E-state index in [1.807, 2.05) is 79.5 Å². The van der Waals surface area contributed by atoms with Crippen LogP contribution in [0.2, 0.25) is 0 Å². The number of allylic oxidation sites excluding steroid dienone is 2. The summed E-state index contributed by atoms with van der Waals surface area (Å²) in [6, 6.07) is 19.3. The zero-order valence-electron chi connectivity index (χ0n) is 17.2. The van der Waals surface area contributed by atoms with Crippen molar-refractivity contribution in [1.82, 2.24) is 4.98 Å². The zero-order valence-corrected chi connectivity index (χ0v) is 17.2. The fraction of sp³-hybridized carbons (Fsp3) is 0.154. The van der Waals surface area contributed by atoms with Gasteiger partial charge in [0.15, 0.2) is 5.78 Å². The highest BCUT2D eigenvalue weighted by Gasteiger charge is 2.26. The summed E-state index contributed by atoms with van der Waals surface area (Å²) >= 11 is 0. The van der Waals surface area contributed by atoms with Crippen LogP contribution in [0, 0.1) is 13.8 Å². The maximum atomic E-state index is 13.4. The van der Waals surface area contributed by atoms with Gasteiger partial charge in [-0.3, -0.25) is 9.78 Å². The molecule has 0 bridgehead atoms. The number of hydrogen-bond donors (Lipinski definition) is 1. The number of ketones is 1. The van der Waals surface area contributed by atoms with Gasteiger partial charge in [0.2, 0.25) is 0 Å². The lowest BCUT2D eigenvalue weighted by Crippen LogP contribution is -2.24. The van der Waals surface area contributed by atoms with Gasteiger partial charge in [-0.25, -0.2) is 0 Å².